The highest BCUT2D eigenvalue weighted by atomic mass is 32.2. The van der Waals surface area contributed by atoms with Crippen LogP contribution in [0.2, 0.25) is 0 Å². The Hall–Kier alpha value is -2.93. The summed E-state index contributed by atoms with van der Waals surface area (Å²) < 4.78 is 0. The predicted molar refractivity (Wildman–Crippen MR) is 120 cm³/mol. The van der Waals surface area contributed by atoms with Gasteiger partial charge >= 0.3 is 0 Å². The molecular weight excluding hydrogens is 396 g/mol. The minimum Gasteiger partial charge on any atom is -0.326 e. The number of rotatable bonds is 6. The fraction of sp³-hybridized carbons (Fsp3) is 0.304. The lowest BCUT2D eigenvalue weighted by Gasteiger charge is -2.10. The van der Waals surface area contributed by atoms with E-state index in [9.17, 15) is 9.59 Å². The zero-order valence-electron chi connectivity index (χ0n) is 16.9. The molecule has 154 valence electrons. The lowest BCUT2D eigenvalue weighted by molar-refractivity contribution is -0.115. The molecule has 0 unspecified atom stereocenters. The summed E-state index contributed by atoms with van der Waals surface area (Å²) in [6, 6.07) is 11.5. The minimum absolute atomic E-state index is 0.0277. The molecule has 0 spiro atoms. The molecule has 0 radical (unpaired) electrons. The molecular formula is C23H24N4O2S. The number of nitrogens with one attached hydrogen (secondary N) is 2. The van der Waals surface area contributed by atoms with E-state index in [0.29, 0.717) is 22.3 Å². The molecule has 2 heterocycles. The molecule has 1 aromatic carbocycles. The van der Waals surface area contributed by atoms with Crippen LogP contribution in [0, 0.1) is 6.92 Å². The summed E-state index contributed by atoms with van der Waals surface area (Å²) >= 11 is 1.91. The molecule has 3 aromatic rings. The number of aromatic nitrogens is 3. The standard InChI is InChI=1S/C23H24N4O2S/c1-15-20(23(29)27-22(25-15)16-5-4-12-24-14-16)13-21(28)26-17-8-10-19(11-9-17)30-18-6-2-3-7-18/h4-5,8-12,14,18H,2-3,6-7,13H2,1H3,(H,26,28)(H,25,27,29). The zero-order chi connectivity index (χ0) is 20.9. The molecule has 1 amide bonds. The molecule has 2 aromatic heterocycles. The Morgan fingerprint density at radius 3 is 2.63 bits per heavy atom. The summed E-state index contributed by atoms with van der Waals surface area (Å²) in [6.07, 6.45) is 8.48. The van der Waals surface area contributed by atoms with Crippen LogP contribution in [0.15, 0.2) is 58.5 Å². The Morgan fingerprint density at radius 2 is 1.97 bits per heavy atom. The van der Waals surface area contributed by atoms with Gasteiger partial charge in [0.2, 0.25) is 5.91 Å². The van der Waals surface area contributed by atoms with Gasteiger partial charge in [0.15, 0.2) is 0 Å². The van der Waals surface area contributed by atoms with Crippen LogP contribution in [0.3, 0.4) is 0 Å². The zero-order valence-corrected chi connectivity index (χ0v) is 17.7. The molecule has 2 N–H and O–H groups in total. The molecule has 0 bridgehead atoms. The average Bonchev–Trinajstić information content (AvgIpc) is 3.26. The predicted octanol–water partition coefficient (Wildman–Crippen LogP) is 4.36. The summed E-state index contributed by atoms with van der Waals surface area (Å²) in [5.41, 5.74) is 2.05. The van der Waals surface area contributed by atoms with E-state index in [4.69, 9.17) is 0 Å². The van der Waals surface area contributed by atoms with Crippen LogP contribution in [0.4, 0.5) is 5.69 Å². The van der Waals surface area contributed by atoms with Gasteiger partial charge in [0, 0.05) is 45.0 Å². The van der Waals surface area contributed by atoms with Gasteiger partial charge in [0.05, 0.1) is 6.42 Å². The van der Waals surface area contributed by atoms with Crippen molar-refractivity contribution in [1.82, 2.24) is 15.0 Å². The second-order valence-corrected chi connectivity index (χ2v) is 8.87. The van der Waals surface area contributed by atoms with Crippen molar-refractivity contribution < 1.29 is 4.79 Å². The van der Waals surface area contributed by atoms with Gasteiger partial charge in [0.1, 0.15) is 5.82 Å². The number of pyridine rings is 1. The molecule has 4 rings (SSSR count). The number of thioether (sulfide) groups is 1. The van der Waals surface area contributed by atoms with E-state index in [0.717, 1.165) is 11.3 Å². The van der Waals surface area contributed by atoms with Crippen molar-refractivity contribution in [2.45, 2.75) is 49.2 Å². The fourth-order valence-electron chi connectivity index (χ4n) is 3.64. The van der Waals surface area contributed by atoms with Crippen molar-refractivity contribution in [3.05, 3.63) is 70.4 Å². The van der Waals surface area contributed by atoms with Gasteiger partial charge in [-0.3, -0.25) is 14.6 Å². The SMILES string of the molecule is Cc1nc(-c2cccnc2)[nH]c(=O)c1CC(=O)Nc1ccc(SC2CCCC2)cc1. The van der Waals surface area contributed by atoms with Gasteiger partial charge in [0.25, 0.3) is 5.56 Å². The van der Waals surface area contributed by atoms with Gasteiger partial charge in [-0.05, 0) is 56.2 Å². The summed E-state index contributed by atoms with van der Waals surface area (Å²) in [7, 11) is 0. The Bertz CT molecular complexity index is 1070. The molecule has 30 heavy (non-hydrogen) atoms. The number of hydrogen-bond acceptors (Lipinski definition) is 5. The van der Waals surface area contributed by atoms with Crippen LogP contribution >= 0.6 is 11.8 Å². The first-order valence-corrected chi connectivity index (χ1v) is 11.0. The lowest BCUT2D eigenvalue weighted by Crippen LogP contribution is -2.23. The van der Waals surface area contributed by atoms with E-state index in [1.165, 1.54) is 30.6 Å². The molecule has 0 aliphatic heterocycles. The Morgan fingerprint density at radius 1 is 1.20 bits per heavy atom. The van der Waals surface area contributed by atoms with Gasteiger partial charge in [-0.25, -0.2) is 4.98 Å². The average molecular weight is 421 g/mol. The van der Waals surface area contributed by atoms with Crippen LogP contribution in [0.5, 0.6) is 0 Å². The highest BCUT2D eigenvalue weighted by Crippen LogP contribution is 2.34. The molecule has 1 aliphatic carbocycles. The largest absolute Gasteiger partial charge is 0.326 e. The van der Waals surface area contributed by atoms with Crippen molar-refractivity contribution in [3.8, 4) is 11.4 Å². The topological polar surface area (TPSA) is 87.7 Å². The number of anilines is 1. The van der Waals surface area contributed by atoms with E-state index in [1.54, 1.807) is 25.4 Å². The quantitative estimate of drug-likeness (QED) is 0.619. The third-order valence-corrected chi connectivity index (χ3v) is 6.59. The molecule has 1 fully saturated rings. The van der Waals surface area contributed by atoms with Crippen LogP contribution in [-0.2, 0) is 11.2 Å². The number of aryl methyl sites for hydroxylation is 1. The number of carbonyl (C=O) groups is 1. The van der Waals surface area contributed by atoms with Gasteiger partial charge in [-0.15, -0.1) is 11.8 Å². The lowest BCUT2D eigenvalue weighted by atomic mass is 10.1. The number of nitrogens with zero attached hydrogens (tertiary/aromatic N) is 2. The number of amides is 1. The second-order valence-electron chi connectivity index (χ2n) is 7.49. The van der Waals surface area contributed by atoms with Crippen LogP contribution in [0.1, 0.15) is 36.9 Å². The smallest absolute Gasteiger partial charge is 0.255 e. The normalized spacial score (nSPS) is 14.0. The van der Waals surface area contributed by atoms with Gasteiger partial charge in [-0.2, -0.15) is 0 Å². The van der Waals surface area contributed by atoms with Crippen molar-refractivity contribution in [3.63, 3.8) is 0 Å². The number of benzene rings is 1. The fourth-order valence-corrected chi connectivity index (χ4v) is 4.89. The first kappa shape index (κ1) is 20.3. The van der Waals surface area contributed by atoms with E-state index in [1.807, 2.05) is 42.1 Å². The number of carbonyl (C=O) groups excluding carboxylic acids is 1. The van der Waals surface area contributed by atoms with E-state index < -0.39 is 0 Å². The third kappa shape index (κ3) is 4.97. The summed E-state index contributed by atoms with van der Waals surface area (Å²) in [6.45, 7) is 1.74. The maximum Gasteiger partial charge on any atom is 0.255 e. The molecule has 1 aliphatic rings. The number of hydrogen-bond donors (Lipinski definition) is 2. The van der Waals surface area contributed by atoms with Crippen molar-refractivity contribution in [1.29, 1.82) is 0 Å². The maximum atomic E-state index is 12.5. The molecule has 0 saturated heterocycles. The van der Waals surface area contributed by atoms with E-state index in [-0.39, 0.29) is 17.9 Å². The molecule has 0 atom stereocenters. The number of aromatic amines is 1. The van der Waals surface area contributed by atoms with Gasteiger partial charge in [-0.1, -0.05) is 12.8 Å². The Kier molecular flexibility index (Phi) is 6.28. The number of H-pyrrole nitrogens is 1. The monoisotopic (exact) mass is 420 g/mol. The van der Waals surface area contributed by atoms with Crippen LogP contribution in [0.25, 0.3) is 11.4 Å². The minimum atomic E-state index is -0.306. The highest BCUT2D eigenvalue weighted by molar-refractivity contribution is 8.00. The molecule has 7 heteroatoms. The van der Waals surface area contributed by atoms with Crippen molar-refractivity contribution in [2.24, 2.45) is 0 Å². The maximum absolute atomic E-state index is 12.5. The Balaban J connectivity index is 1.40. The summed E-state index contributed by atoms with van der Waals surface area (Å²) in [5, 5.41) is 3.58. The summed E-state index contributed by atoms with van der Waals surface area (Å²) in [5.74, 6) is 0.209. The van der Waals surface area contributed by atoms with Crippen LogP contribution in [-0.4, -0.2) is 26.1 Å². The summed E-state index contributed by atoms with van der Waals surface area (Å²) in [4.78, 5) is 37.5. The van der Waals surface area contributed by atoms with Crippen LogP contribution < -0.4 is 10.9 Å². The van der Waals surface area contributed by atoms with E-state index >= 15 is 0 Å². The second kappa shape index (κ2) is 9.26. The first-order chi connectivity index (χ1) is 14.6. The van der Waals surface area contributed by atoms with E-state index in [2.05, 4.69) is 20.3 Å². The highest BCUT2D eigenvalue weighted by Gasteiger charge is 2.16. The molecule has 1 saturated carbocycles. The third-order valence-electron chi connectivity index (χ3n) is 5.24. The van der Waals surface area contributed by atoms with Crippen molar-refractivity contribution >= 4 is 23.4 Å². The Labute approximate surface area is 179 Å². The van der Waals surface area contributed by atoms with Gasteiger partial charge < -0.3 is 10.3 Å². The first-order valence-electron chi connectivity index (χ1n) is 10.2. The molecule has 6 nitrogen and oxygen atoms in total. The van der Waals surface area contributed by atoms with Crippen molar-refractivity contribution in [2.75, 3.05) is 5.32 Å².